The summed E-state index contributed by atoms with van der Waals surface area (Å²) in [5.41, 5.74) is 1.78. The first-order valence-electron chi connectivity index (χ1n) is 3.38. The van der Waals surface area contributed by atoms with Crippen LogP contribution in [0.25, 0.3) is 0 Å². The highest BCUT2D eigenvalue weighted by Crippen LogP contribution is 2.23. The normalized spacial score (nSPS) is 13.1. The van der Waals surface area contributed by atoms with E-state index in [9.17, 15) is 4.39 Å². The summed E-state index contributed by atoms with van der Waals surface area (Å²) in [6.07, 6.45) is 0. The SMILES string of the molecule is Cc1nc(F)ccc1[C@@H](C)Br. The van der Waals surface area contributed by atoms with Gasteiger partial charge in [0.2, 0.25) is 5.95 Å². The smallest absolute Gasteiger partial charge is 0.213 e. The average molecular weight is 218 g/mol. The summed E-state index contributed by atoms with van der Waals surface area (Å²) in [6, 6.07) is 3.12. The summed E-state index contributed by atoms with van der Waals surface area (Å²) in [6.45, 7) is 3.79. The molecule has 1 atom stereocenters. The van der Waals surface area contributed by atoms with E-state index >= 15 is 0 Å². The maximum absolute atomic E-state index is 12.5. The van der Waals surface area contributed by atoms with Gasteiger partial charge in [-0.25, -0.2) is 4.98 Å². The predicted octanol–water partition coefficient (Wildman–Crippen LogP) is 2.99. The van der Waals surface area contributed by atoms with Crippen molar-refractivity contribution in [3.8, 4) is 0 Å². The molecular formula is C8H9BrFN. The van der Waals surface area contributed by atoms with Crippen LogP contribution < -0.4 is 0 Å². The van der Waals surface area contributed by atoms with E-state index in [-0.39, 0.29) is 4.83 Å². The topological polar surface area (TPSA) is 12.9 Å². The van der Waals surface area contributed by atoms with Crippen molar-refractivity contribution >= 4 is 15.9 Å². The summed E-state index contributed by atoms with van der Waals surface area (Å²) in [5.74, 6) is -0.417. The van der Waals surface area contributed by atoms with Crippen LogP contribution in [-0.4, -0.2) is 4.98 Å². The van der Waals surface area contributed by atoms with E-state index in [1.165, 1.54) is 6.07 Å². The fraction of sp³-hybridized carbons (Fsp3) is 0.375. The summed E-state index contributed by atoms with van der Waals surface area (Å²) in [7, 11) is 0. The molecule has 0 saturated heterocycles. The number of aromatic nitrogens is 1. The van der Waals surface area contributed by atoms with Gasteiger partial charge in [0.25, 0.3) is 0 Å². The Kier molecular flexibility index (Phi) is 2.60. The Morgan fingerprint density at radius 2 is 2.18 bits per heavy atom. The van der Waals surface area contributed by atoms with Crippen LogP contribution in [-0.2, 0) is 0 Å². The minimum absolute atomic E-state index is 0.232. The van der Waals surface area contributed by atoms with Gasteiger partial charge < -0.3 is 0 Å². The quantitative estimate of drug-likeness (QED) is 0.521. The third kappa shape index (κ3) is 1.99. The van der Waals surface area contributed by atoms with Crippen molar-refractivity contribution in [2.45, 2.75) is 18.7 Å². The third-order valence-corrected chi connectivity index (χ3v) is 2.01. The Labute approximate surface area is 73.8 Å². The van der Waals surface area contributed by atoms with E-state index < -0.39 is 5.95 Å². The lowest BCUT2D eigenvalue weighted by Crippen LogP contribution is -1.94. The number of pyridine rings is 1. The Hall–Kier alpha value is -0.440. The predicted molar refractivity (Wildman–Crippen MR) is 46.3 cm³/mol. The number of aryl methyl sites for hydroxylation is 1. The number of hydrogen-bond acceptors (Lipinski definition) is 1. The van der Waals surface area contributed by atoms with E-state index in [0.717, 1.165) is 11.3 Å². The van der Waals surface area contributed by atoms with Gasteiger partial charge in [-0.2, -0.15) is 4.39 Å². The number of nitrogens with zero attached hydrogens (tertiary/aromatic N) is 1. The zero-order chi connectivity index (χ0) is 8.43. The van der Waals surface area contributed by atoms with Crippen LogP contribution >= 0.6 is 15.9 Å². The lowest BCUT2D eigenvalue weighted by Gasteiger charge is -2.05. The fourth-order valence-corrected chi connectivity index (χ4v) is 1.45. The molecule has 0 bridgehead atoms. The molecule has 1 aromatic rings. The average Bonchev–Trinajstić information content (AvgIpc) is 1.85. The van der Waals surface area contributed by atoms with E-state index in [1.807, 2.05) is 6.92 Å². The first-order valence-corrected chi connectivity index (χ1v) is 4.30. The minimum atomic E-state index is -0.417. The number of alkyl halides is 1. The molecule has 0 aliphatic heterocycles. The Balaban J connectivity index is 3.09. The molecule has 0 N–H and O–H groups in total. The highest BCUT2D eigenvalue weighted by atomic mass is 79.9. The van der Waals surface area contributed by atoms with E-state index in [4.69, 9.17) is 0 Å². The molecule has 1 heterocycles. The molecule has 60 valence electrons. The van der Waals surface area contributed by atoms with Gasteiger partial charge >= 0.3 is 0 Å². The second-order valence-corrected chi connectivity index (χ2v) is 3.80. The molecule has 0 unspecified atom stereocenters. The molecular weight excluding hydrogens is 209 g/mol. The summed E-state index contributed by atoms with van der Waals surface area (Å²) in [5, 5.41) is 0. The zero-order valence-electron chi connectivity index (χ0n) is 6.44. The number of halogens is 2. The van der Waals surface area contributed by atoms with Crippen molar-refractivity contribution in [1.29, 1.82) is 0 Å². The molecule has 0 radical (unpaired) electrons. The van der Waals surface area contributed by atoms with Gasteiger partial charge in [0.05, 0.1) is 0 Å². The molecule has 0 spiro atoms. The van der Waals surface area contributed by atoms with Gasteiger partial charge in [0.1, 0.15) is 0 Å². The molecule has 0 amide bonds. The maximum atomic E-state index is 12.5. The molecule has 1 nitrogen and oxygen atoms in total. The van der Waals surface area contributed by atoms with Crippen molar-refractivity contribution in [2.75, 3.05) is 0 Å². The highest BCUT2D eigenvalue weighted by molar-refractivity contribution is 9.09. The van der Waals surface area contributed by atoms with Crippen LogP contribution in [0.3, 0.4) is 0 Å². The fourth-order valence-electron chi connectivity index (χ4n) is 0.962. The molecule has 0 aromatic carbocycles. The highest BCUT2D eigenvalue weighted by Gasteiger charge is 2.05. The molecule has 0 fully saturated rings. The first-order chi connectivity index (χ1) is 5.11. The maximum Gasteiger partial charge on any atom is 0.213 e. The molecule has 3 heteroatoms. The molecule has 1 aromatic heterocycles. The second-order valence-electron chi connectivity index (χ2n) is 2.42. The van der Waals surface area contributed by atoms with Crippen LogP contribution in [0.1, 0.15) is 23.0 Å². The van der Waals surface area contributed by atoms with Gasteiger partial charge in [-0.15, -0.1) is 0 Å². The van der Waals surface area contributed by atoms with Gasteiger partial charge in [0, 0.05) is 10.5 Å². The van der Waals surface area contributed by atoms with Crippen molar-refractivity contribution in [3.63, 3.8) is 0 Å². The Morgan fingerprint density at radius 1 is 1.55 bits per heavy atom. The van der Waals surface area contributed by atoms with Crippen LogP contribution in [0.2, 0.25) is 0 Å². The van der Waals surface area contributed by atoms with Gasteiger partial charge in [-0.05, 0) is 25.5 Å². The third-order valence-electron chi connectivity index (χ3n) is 1.52. The monoisotopic (exact) mass is 217 g/mol. The van der Waals surface area contributed by atoms with E-state index in [0.29, 0.717) is 0 Å². The largest absolute Gasteiger partial charge is 0.225 e. The van der Waals surface area contributed by atoms with Crippen LogP contribution in [0, 0.1) is 12.9 Å². The standard InChI is InChI=1S/C8H9BrFN/c1-5(9)7-3-4-8(10)11-6(7)2/h3-5H,1-2H3/t5-/m1/s1. The summed E-state index contributed by atoms with van der Waals surface area (Å²) >= 11 is 3.40. The van der Waals surface area contributed by atoms with Crippen molar-refractivity contribution < 1.29 is 4.39 Å². The van der Waals surface area contributed by atoms with Gasteiger partial charge in [-0.1, -0.05) is 22.0 Å². The van der Waals surface area contributed by atoms with Crippen LogP contribution in [0.4, 0.5) is 4.39 Å². The Morgan fingerprint density at radius 3 is 2.64 bits per heavy atom. The van der Waals surface area contributed by atoms with Gasteiger partial charge in [0.15, 0.2) is 0 Å². The summed E-state index contributed by atoms with van der Waals surface area (Å²) in [4.78, 5) is 3.93. The van der Waals surface area contributed by atoms with Crippen molar-refractivity contribution in [1.82, 2.24) is 4.98 Å². The van der Waals surface area contributed by atoms with Crippen LogP contribution in [0.15, 0.2) is 12.1 Å². The lowest BCUT2D eigenvalue weighted by molar-refractivity contribution is 0.578. The Bertz CT molecular complexity index is 260. The van der Waals surface area contributed by atoms with E-state index in [2.05, 4.69) is 20.9 Å². The van der Waals surface area contributed by atoms with Crippen LogP contribution in [0.5, 0.6) is 0 Å². The van der Waals surface area contributed by atoms with Gasteiger partial charge in [-0.3, -0.25) is 0 Å². The molecule has 0 aliphatic carbocycles. The molecule has 0 aliphatic rings. The van der Waals surface area contributed by atoms with E-state index in [1.54, 1.807) is 13.0 Å². The second kappa shape index (κ2) is 3.30. The van der Waals surface area contributed by atoms with Crippen molar-refractivity contribution in [3.05, 3.63) is 29.3 Å². The first kappa shape index (κ1) is 8.65. The number of hydrogen-bond donors (Lipinski definition) is 0. The summed E-state index contributed by atoms with van der Waals surface area (Å²) < 4.78 is 12.5. The molecule has 11 heavy (non-hydrogen) atoms. The number of rotatable bonds is 1. The minimum Gasteiger partial charge on any atom is -0.225 e. The zero-order valence-corrected chi connectivity index (χ0v) is 8.02. The molecule has 0 saturated carbocycles. The van der Waals surface area contributed by atoms with Crippen molar-refractivity contribution in [2.24, 2.45) is 0 Å². The lowest BCUT2D eigenvalue weighted by atomic mass is 10.1. The molecule has 1 rings (SSSR count).